The first kappa shape index (κ1) is 8.54. The Morgan fingerprint density at radius 3 is 2.85 bits per heavy atom. The van der Waals surface area contributed by atoms with Gasteiger partial charge in [0.2, 0.25) is 0 Å². The monoisotopic (exact) mass is 178 g/mol. The van der Waals surface area contributed by atoms with E-state index < -0.39 is 0 Å². The first-order valence-corrected chi connectivity index (χ1v) is 4.76. The second-order valence-corrected chi connectivity index (χ2v) is 4.24. The van der Waals surface area contributed by atoms with Gasteiger partial charge in [-0.2, -0.15) is 0 Å². The summed E-state index contributed by atoms with van der Waals surface area (Å²) in [5.41, 5.74) is 0.254. The molecule has 1 aliphatic rings. The zero-order valence-corrected chi connectivity index (χ0v) is 7.88. The van der Waals surface area contributed by atoms with Crippen molar-refractivity contribution in [2.24, 2.45) is 5.41 Å². The Hall–Kier alpha value is -1.05. The van der Waals surface area contributed by atoms with E-state index in [1.54, 1.807) is 18.4 Å². The topological polar surface area (TPSA) is 30.2 Å². The van der Waals surface area contributed by atoms with Gasteiger partial charge < -0.3 is 4.42 Å². The van der Waals surface area contributed by atoms with Crippen molar-refractivity contribution in [1.82, 2.24) is 0 Å². The van der Waals surface area contributed by atoms with Gasteiger partial charge in [0.05, 0.1) is 6.26 Å². The molecule has 0 unspecified atom stereocenters. The second kappa shape index (κ2) is 3.02. The van der Waals surface area contributed by atoms with Gasteiger partial charge >= 0.3 is 0 Å². The first-order chi connectivity index (χ1) is 6.20. The number of hydrogen-bond acceptors (Lipinski definition) is 2. The molecular formula is C11H14O2. The van der Waals surface area contributed by atoms with E-state index in [0.717, 1.165) is 0 Å². The van der Waals surface area contributed by atoms with Gasteiger partial charge in [-0.15, -0.1) is 0 Å². The highest BCUT2D eigenvalue weighted by Crippen LogP contribution is 2.43. The van der Waals surface area contributed by atoms with Gasteiger partial charge in [-0.3, -0.25) is 4.79 Å². The summed E-state index contributed by atoms with van der Waals surface area (Å²) in [4.78, 5) is 11.6. The maximum Gasteiger partial charge on any atom is 0.198 e. The molecule has 2 nitrogen and oxygen atoms in total. The maximum atomic E-state index is 11.6. The number of rotatable bonds is 3. The summed E-state index contributed by atoms with van der Waals surface area (Å²) in [6, 6.07) is 3.50. The summed E-state index contributed by atoms with van der Waals surface area (Å²) in [6.07, 6.45) is 5.82. The molecule has 1 fully saturated rings. The van der Waals surface area contributed by atoms with E-state index in [1.165, 1.54) is 19.3 Å². The molecule has 0 atom stereocenters. The molecule has 0 N–H and O–H groups in total. The molecule has 1 heterocycles. The second-order valence-electron chi connectivity index (χ2n) is 4.24. The lowest BCUT2D eigenvalue weighted by Gasteiger charge is -2.37. The third-order valence-corrected chi connectivity index (χ3v) is 2.94. The van der Waals surface area contributed by atoms with E-state index in [1.807, 2.05) is 0 Å². The van der Waals surface area contributed by atoms with Crippen LogP contribution in [0.3, 0.4) is 0 Å². The molecule has 0 amide bonds. The van der Waals surface area contributed by atoms with Crippen molar-refractivity contribution in [3.63, 3.8) is 0 Å². The lowest BCUT2D eigenvalue weighted by Crippen LogP contribution is -2.28. The number of Topliss-reactive ketones (excluding diaryl/α,β-unsaturated/α-hetero) is 1. The average Bonchev–Trinajstić information content (AvgIpc) is 2.53. The molecule has 0 aliphatic heterocycles. The summed E-state index contributed by atoms with van der Waals surface area (Å²) in [5.74, 6) is 0.653. The summed E-state index contributed by atoms with van der Waals surface area (Å²) in [7, 11) is 0. The number of furan rings is 1. The summed E-state index contributed by atoms with van der Waals surface area (Å²) in [6.45, 7) is 2.18. The van der Waals surface area contributed by atoms with E-state index in [9.17, 15) is 4.79 Å². The molecule has 0 spiro atoms. The number of carbonyl (C=O) groups is 1. The smallest absolute Gasteiger partial charge is 0.198 e. The molecule has 2 rings (SSSR count). The number of hydrogen-bond donors (Lipinski definition) is 0. The van der Waals surface area contributed by atoms with Gasteiger partial charge in [0, 0.05) is 6.42 Å². The fourth-order valence-electron chi connectivity index (χ4n) is 1.87. The Balaban J connectivity index is 1.99. The van der Waals surface area contributed by atoms with Crippen molar-refractivity contribution in [1.29, 1.82) is 0 Å². The van der Waals surface area contributed by atoms with Crippen molar-refractivity contribution in [2.45, 2.75) is 32.6 Å². The van der Waals surface area contributed by atoms with Crippen LogP contribution in [0, 0.1) is 5.41 Å². The van der Waals surface area contributed by atoms with E-state index in [2.05, 4.69) is 6.92 Å². The van der Waals surface area contributed by atoms with Crippen LogP contribution in [0.1, 0.15) is 43.2 Å². The quantitative estimate of drug-likeness (QED) is 0.666. The summed E-state index contributed by atoms with van der Waals surface area (Å²) < 4.78 is 5.06. The molecule has 1 aromatic rings. The molecule has 0 bridgehead atoms. The minimum Gasteiger partial charge on any atom is -0.461 e. The van der Waals surface area contributed by atoms with Crippen molar-refractivity contribution in [2.75, 3.05) is 0 Å². The molecule has 1 aliphatic carbocycles. The molecule has 13 heavy (non-hydrogen) atoms. The largest absolute Gasteiger partial charge is 0.461 e. The van der Waals surface area contributed by atoms with E-state index >= 15 is 0 Å². The van der Waals surface area contributed by atoms with Gasteiger partial charge in [-0.05, 0) is 30.4 Å². The highest BCUT2D eigenvalue weighted by molar-refractivity contribution is 5.93. The van der Waals surface area contributed by atoms with Crippen molar-refractivity contribution in [3.8, 4) is 0 Å². The van der Waals surface area contributed by atoms with Crippen LogP contribution < -0.4 is 0 Å². The molecule has 70 valence electrons. The normalized spacial score (nSPS) is 19.5. The van der Waals surface area contributed by atoms with Crippen LogP contribution in [-0.4, -0.2) is 5.78 Å². The Morgan fingerprint density at radius 2 is 2.38 bits per heavy atom. The van der Waals surface area contributed by atoms with Crippen LogP contribution in [0.15, 0.2) is 22.8 Å². The van der Waals surface area contributed by atoms with Crippen LogP contribution in [0.2, 0.25) is 0 Å². The van der Waals surface area contributed by atoms with Crippen LogP contribution in [0.25, 0.3) is 0 Å². The SMILES string of the molecule is CC1(CC(=O)c2ccco2)CCC1. The van der Waals surface area contributed by atoms with Gasteiger partial charge in [0.15, 0.2) is 11.5 Å². The van der Waals surface area contributed by atoms with Crippen LogP contribution in [0.4, 0.5) is 0 Å². The van der Waals surface area contributed by atoms with Crippen molar-refractivity contribution < 1.29 is 9.21 Å². The Kier molecular flexibility index (Phi) is 1.98. The Morgan fingerprint density at radius 1 is 1.62 bits per heavy atom. The third-order valence-electron chi connectivity index (χ3n) is 2.94. The third kappa shape index (κ3) is 1.67. The Labute approximate surface area is 77.9 Å². The van der Waals surface area contributed by atoms with E-state index in [4.69, 9.17) is 4.42 Å². The van der Waals surface area contributed by atoms with Crippen molar-refractivity contribution >= 4 is 5.78 Å². The number of ketones is 1. The molecule has 1 saturated carbocycles. The van der Waals surface area contributed by atoms with Gasteiger partial charge in [-0.25, -0.2) is 0 Å². The molecule has 2 heteroatoms. The van der Waals surface area contributed by atoms with E-state index in [0.29, 0.717) is 12.2 Å². The van der Waals surface area contributed by atoms with Crippen LogP contribution >= 0.6 is 0 Å². The molecule has 1 aromatic heterocycles. The predicted molar refractivity (Wildman–Crippen MR) is 49.6 cm³/mol. The minimum atomic E-state index is 0.146. The van der Waals surface area contributed by atoms with Crippen molar-refractivity contribution in [3.05, 3.63) is 24.2 Å². The molecule has 0 radical (unpaired) electrons. The van der Waals surface area contributed by atoms with E-state index in [-0.39, 0.29) is 11.2 Å². The Bertz CT molecular complexity index is 294. The summed E-state index contributed by atoms with van der Waals surface area (Å²) in [5, 5.41) is 0. The van der Waals surface area contributed by atoms with Crippen LogP contribution in [0.5, 0.6) is 0 Å². The van der Waals surface area contributed by atoms with Gasteiger partial charge in [0.1, 0.15) is 0 Å². The highest BCUT2D eigenvalue weighted by Gasteiger charge is 2.34. The first-order valence-electron chi connectivity index (χ1n) is 4.76. The zero-order chi connectivity index (χ0) is 9.31. The fraction of sp³-hybridized carbons (Fsp3) is 0.545. The lowest BCUT2D eigenvalue weighted by molar-refractivity contribution is 0.0789. The maximum absolute atomic E-state index is 11.6. The zero-order valence-electron chi connectivity index (χ0n) is 7.88. The lowest BCUT2D eigenvalue weighted by atomic mass is 9.67. The standard InChI is InChI=1S/C11H14O2/c1-11(5-3-6-11)8-9(12)10-4-2-7-13-10/h2,4,7H,3,5-6,8H2,1H3. The molecular weight excluding hydrogens is 164 g/mol. The molecule has 0 saturated heterocycles. The van der Waals surface area contributed by atoms with Gasteiger partial charge in [-0.1, -0.05) is 13.3 Å². The highest BCUT2D eigenvalue weighted by atomic mass is 16.3. The summed E-state index contributed by atoms with van der Waals surface area (Å²) >= 11 is 0. The van der Waals surface area contributed by atoms with Gasteiger partial charge in [0.25, 0.3) is 0 Å². The molecule has 0 aromatic carbocycles. The van der Waals surface area contributed by atoms with Crippen LogP contribution in [-0.2, 0) is 0 Å². The predicted octanol–water partition coefficient (Wildman–Crippen LogP) is 3.04. The number of carbonyl (C=O) groups excluding carboxylic acids is 1. The average molecular weight is 178 g/mol. The minimum absolute atomic E-state index is 0.146. The fourth-order valence-corrected chi connectivity index (χ4v) is 1.87.